The largest absolute Gasteiger partial charge is 0.463 e. The van der Waals surface area contributed by atoms with Crippen molar-refractivity contribution in [3.05, 3.63) is 28.5 Å². The molecule has 0 radical (unpaired) electrons. The van der Waals surface area contributed by atoms with E-state index in [1.807, 2.05) is 6.07 Å². The number of carbonyl (C=O) groups excluding carboxylic acids is 2. The van der Waals surface area contributed by atoms with Crippen molar-refractivity contribution in [2.45, 2.75) is 39.2 Å². The molecule has 0 saturated carbocycles. The molecule has 0 atom stereocenters. The van der Waals surface area contributed by atoms with Crippen LogP contribution in [0.2, 0.25) is 5.02 Å². The zero-order valence-corrected chi connectivity index (χ0v) is 16.7. The lowest BCUT2D eigenvalue weighted by molar-refractivity contribution is -0.161. The average molecular weight is 410 g/mol. The number of nitriles is 1. The molecule has 0 aliphatic carbocycles. The molecular weight excluding hydrogens is 389 g/mol. The number of esters is 2. The van der Waals surface area contributed by atoms with Gasteiger partial charge in [0.2, 0.25) is 11.4 Å². The lowest BCUT2D eigenvalue weighted by Gasteiger charge is -2.23. The molecule has 0 aromatic heterocycles. The van der Waals surface area contributed by atoms with Gasteiger partial charge in [-0.15, -0.1) is 0 Å². The molecule has 1 saturated heterocycles. The molecule has 1 aromatic carbocycles. The van der Waals surface area contributed by atoms with E-state index in [0.29, 0.717) is 13.1 Å². The normalized spacial score (nSPS) is 14.6. The van der Waals surface area contributed by atoms with E-state index in [4.69, 9.17) is 21.1 Å². The Bertz CT molecular complexity index is 842. The molecule has 0 bridgehead atoms. The van der Waals surface area contributed by atoms with E-state index in [1.54, 1.807) is 11.8 Å². The summed E-state index contributed by atoms with van der Waals surface area (Å²) in [6, 6.07) is 3.98. The number of rotatable bonds is 5. The first kappa shape index (κ1) is 21.6. The smallest absolute Gasteiger partial charge is 0.350 e. The molecule has 0 unspecified atom stereocenters. The van der Waals surface area contributed by atoms with Crippen molar-refractivity contribution in [1.29, 1.82) is 5.26 Å². The number of likely N-dealkylation sites (tertiary alicyclic amines) is 1. The highest BCUT2D eigenvalue weighted by atomic mass is 35.5. The lowest BCUT2D eigenvalue weighted by atomic mass is 10.1. The molecule has 0 spiro atoms. The highest BCUT2D eigenvalue weighted by Gasteiger charge is 2.34. The summed E-state index contributed by atoms with van der Waals surface area (Å²) in [6.45, 7) is 5.82. The fraction of sp³-hybridized carbons (Fsp3) is 0.474. The van der Waals surface area contributed by atoms with Gasteiger partial charge in [0.05, 0.1) is 17.2 Å². The molecule has 2 rings (SSSR count). The second kappa shape index (κ2) is 9.02. The van der Waals surface area contributed by atoms with E-state index in [2.05, 4.69) is 4.99 Å². The standard InChI is InChI=1S/C19H21ClFN3O4/c1-4-27-18(26)19(2,3)28-17(25)12-9-15(14(21)10-13(12)20)23-16(11-22)24-7-5-6-8-24/h9-10H,4-8H2,1-3H3. The van der Waals surface area contributed by atoms with E-state index < -0.39 is 23.4 Å². The van der Waals surface area contributed by atoms with Crippen molar-refractivity contribution in [3.8, 4) is 6.07 Å². The fourth-order valence-corrected chi connectivity index (χ4v) is 2.85. The van der Waals surface area contributed by atoms with Crippen LogP contribution in [0.25, 0.3) is 0 Å². The Morgan fingerprint density at radius 3 is 2.57 bits per heavy atom. The number of halogens is 2. The summed E-state index contributed by atoms with van der Waals surface area (Å²) >= 11 is 5.98. The van der Waals surface area contributed by atoms with Crippen LogP contribution in [0.3, 0.4) is 0 Å². The summed E-state index contributed by atoms with van der Waals surface area (Å²) in [4.78, 5) is 30.2. The van der Waals surface area contributed by atoms with Crippen molar-refractivity contribution < 1.29 is 23.5 Å². The molecule has 1 fully saturated rings. The molecule has 150 valence electrons. The van der Waals surface area contributed by atoms with Crippen LogP contribution in [0.1, 0.15) is 44.0 Å². The highest BCUT2D eigenvalue weighted by Crippen LogP contribution is 2.29. The third-order valence-electron chi connectivity index (χ3n) is 4.10. The SMILES string of the molecule is CCOC(=O)C(C)(C)OC(=O)c1cc(N=C(C#N)N2CCCC2)c(F)cc1Cl. The Hall–Kier alpha value is -2.66. The summed E-state index contributed by atoms with van der Waals surface area (Å²) in [5, 5.41) is 9.13. The zero-order chi connectivity index (χ0) is 20.9. The summed E-state index contributed by atoms with van der Waals surface area (Å²) in [7, 11) is 0. The molecule has 1 aliphatic rings. The van der Waals surface area contributed by atoms with Crippen LogP contribution < -0.4 is 0 Å². The highest BCUT2D eigenvalue weighted by molar-refractivity contribution is 6.33. The Balaban J connectivity index is 2.33. The first-order valence-electron chi connectivity index (χ1n) is 8.83. The first-order chi connectivity index (χ1) is 13.2. The number of hydrogen-bond donors (Lipinski definition) is 0. The third-order valence-corrected chi connectivity index (χ3v) is 4.42. The van der Waals surface area contributed by atoms with Gasteiger partial charge in [0, 0.05) is 13.1 Å². The second-order valence-electron chi connectivity index (χ2n) is 6.65. The maximum atomic E-state index is 14.3. The number of carbonyl (C=O) groups is 2. The number of amidine groups is 1. The van der Waals surface area contributed by atoms with Gasteiger partial charge in [0.15, 0.2) is 0 Å². The topological polar surface area (TPSA) is 92.0 Å². The van der Waals surface area contributed by atoms with Crippen LogP contribution >= 0.6 is 11.6 Å². The second-order valence-corrected chi connectivity index (χ2v) is 7.05. The number of ether oxygens (including phenoxy) is 2. The van der Waals surface area contributed by atoms with Crippen LogP contribution in [-0.2, 0) is 14.3 Å². The van der Waals surface area contributed by atoms with Crippen molar-refractivity contribution in [1.82, 2.24) is 4.90 Å². The summed E-state index contributed by atoms with van der Waals surface area (Å²) in [5.41, 5.74) is -1.94. The Kier molecular flexibility index (Phi) is 6.97. The van der Waals surface area contributed by atoms with Crippen molar-refractivity contribution in [2.75, 3.05) is 19.7 Å². The summed E-state index contributed by atoms with van der Waals surface area (Å²) < 4.78 is 24.4. The first-order valence-corrected chi connectivity index (χ1v) is 9.20. The third kappa shape index (κ3) is 4.98. The Morgan fingerprint density at radius 2 is 2.00 bits per heavy atom. The minimum Gasteiger partial charge on any atom is -0.463 e. The van der Waals surface area contributed by atoms with Gasteiger partial charge in [-0.05, 0) is 45.7 Å². The van der Waals surface area contributed by atoms with Gasteiger partial charge >= 0.3 is 11.9 Å². The van der Waals surface area contributed by atoms with Gasteiger partial charge < -0.3 is 14.4 Å². The molecule has 9 heteroatoms. The molecule has 1 heterocycles. The van der Waals surface area contributed by atoms with E-state index in [0.717, 1.165) is 25.0 Å². The van der Waals surface area contributed by atoms with Crippen molar-refractivity contribution in [3.63, 3.8) is 0 Å². The lowest BCUT2D eigenvalue weighted by Crippen LogP contribution is -2.38. The number of benzene rings is 1. The minimum absolute atomic E-state index is 0.0601. The van der Waals surface area contributed by atoms with Gasteiger partial charge in [0.1, 0.15) is 17.6 Å². The van der Waals surface area contributed by atoms with Crippen LogP contribution in [0, 0.1) is 17.1 Å². The van der Waals surface area contributed by atoms with Gasteiger partial charge in [-0.25, -0.2) is 19.0 Å². The minimum atomic E-state index is -1.55. The van der Waals surface area contributed by atoms with Crippen LogP contribution in [0.4, 0.5) is 10.1 Å². The molecule has 1 aliphatic heterocycles. The molecule has 1 aromatic rings. The van der Waals surface area contributed by atoms with Gasteiger partial charge in [-0.3, -0.25) is 0 Å². The molecule has 0 N–H and O–H groups in total. The quantitative estimate of drug-likeness (QED) is 0.419. The van der Waals surface area contributed by atoms with Crippen molar-refractivity contribution in [2.24, 2.45) is 4.99 Å². The van der Waals surface area contributed by atoms with Gasteiger partial charge in [-0.2, -0.15) is 5.26 Å². The number of aliphatic imine (C=N–C) groups is 1. The van der Waals surface area contributed by atoms with Gasteiger partial charge in [-0.1, -0.05) is 11.6 Å². The summed E-state index contributed by atoms with van der Waals surface area (Å²) in [6.07, 6.45) is 1.84. The van der Waals surface area contributed by atoms with Gasteiger partial charge in [0.25, 0.3) is 0 Å². The monoisotopic (exact) mass is 409 g/mol. The van der Waals surface area contributed by atoms with E-state index in [-0.39, 0.29) is 28.7 Å². The molecule has 7 nitrogen and oxygen atoms in total. The van der Waals surface area contributed by atoms with Crippen LogP contribution in [-0.4, -0.2) is 48.0 Å². The summed E-state index contributed by atoms with van der Waals surface area (Å²) in [5.74, 6) is -2.37. The fourth-order valence-electron chi connectivity index (χ4n) is 2.62. The van der Waals surface area contributed by atoms with E-state index in [1.165, 1.54) is 13.8 Å². The maximum absolute atomic E-state index is 14.3. The predicted octanol–water partition coefficient (Wildman–Crippen LogP) is 3.63. The average Bonchev–Trinajstić information content (AvgIpc) is 3.15. The van der Waals surface area contributed by atoms with Crippen LogP contribution in [0.5, 0.6) is 0 Å². The number of nitrogens with zero attached hydrogens (tertiary/aromatic N) is 3. The van der Waals surface area contributed by atoms with Crippen LogP contribution in [0.15, 0.2) is 17.1 Å². The Labute approximate surface area is 167 Å². The molecule has 28 heavy (non-hydrogen) atoms. The van der Waals surface area contributed by atoms with Crippen molar-refractivity contribution >= 4 is 35.1 Å². The van der Waals surface area contributed by atoms with E-state index >= 15 is 0 Å². The maximum Gasteiger partial charge on any atom is 0.350 e. The number of hydrogen-bond acceptors (Lipinski definition) is 6. The molecular formula is C19H21ClFN3O4. The Morgan fingerprint density at radius 1 is 1.36 bits per heavy atom. The van der Waals surface area contributed by atoms with E-state index in [9.17, 15) is 19.2 Å². The molecule has 0 amide bonds. The zero-order valence-electron chi connectivity index (χ0n) is 15.9. The predicted molar refractivity (Wildman–Crippen MR) is 101 cm³/mol.